The first-order valence-electron chi connectivity index (χ1n) is 8.59. The van der Waals surface area contributed by atoms with E-state index in [1.54, 1.807) is 0 Å². The normalized spacial score (nSPS) is 10.8. The molecule has 1 amide bonds. The minimum atomic E-state index is -0.0570. The molecule has 0 aliphatic rings. The molecule has 2 aromatic heterocycles. The predicted octanol–water partition coefficient (Wildman–Crippen LogP) is 4.49. The summed E-state index contributed by atoms with van der Waals surface area (Å²) in [6.07, 6.45) is 0.328. The number of nitrogens with one attached hydrogen (secondary N) is 1. The molecule has 0 bridgehead atoms. The molecule has 128 valence electrons. The number of benzene rings is 2. The highest BCUT2D eigenvalue weighted by atomic mass is 16.1. The van der Waals surface area contributed by atoms with Crippen molar-refractivity contribution in [3.05, 3.63) is 90.1 Å². The van der Waals surface area contributed by atoms with E-state index in [1.165, 1.54) is 0 Å². The summed E-state index contributed by atoms with van der Waals surface area (Å²) < 4.78 is 1.99. The molecule has 4 rings (SSSR count). The average Bonchev–Trinajstić information content (AvgIpc) is 3.03. The Morgan fingerprint density at radius 3 is 2.35 bits per heavy atom. The largest absolute Gasteiger partial charge is 0.310 e. The van der Waals surface area contributed by atoms with Gasteiger partial charge in [-0.25, -0.2) is 4.98 Å². The number of carbonyl (C=O) groups is 1. The fraction of sp³-hybridized carbons (Fsp3) is 0.0909. The quantitative estimate of drug-likeness (QED) is 0.594. The third-order valence-corrected chi connectivity index (χ3v) is 4.35. The lowest BCUT2D eigenvalue weighted by Gasteiger charge is -2.10. The Kier molecular flexibility index (Phi) is 4.23. The van der Waals surface area contributed by atoms with Gasteiger partial charge in [-0.2, -0.15) is 0 Å². The number of aryl methyl sites for hydroxylation is 1. The number of hydrogen-bond acceptors (Lipinski definition) is 2. The zero-order valence-corrected chi connectivity index (χ0v) is 14.5. The van der Waals surface area contributed by atoms with Crippen LogP contribution in [-0.2, 0) is 11.2 Å². The van der Waals surface area contributed by atoms with Gasteiger partial charge in [-0.15, -0.1) is 0 Å². The van der Waals surface area contributed by atoms with E-state index in [-0.39, 0.29) is 5.91 Å². The summed E-state index contributed by atoms with van der Waals surface area (Å²) >= 11 is 0. The highest BCUT2D eigenvalue weighted by Crippen LogP contribution is 2.29. The Hall–Kier alpha value is -3.40. The van der Waals surface area contributed by atoms with Gasteiger partial charge in [-0.1, -0.05) is 66.7 Å². The molecule has 0 unspecified atom stereocenters. The molecule has 0 radical (unpaired) electrons. The molecule has 0 aliphatic heterocycles. The van der Waals surface area contributed by atoms with E-state index in [9.17, 15) is 4.79 Å². The second-order valence-corrected chi connectivity index (χ2v) is 6.25. The van der Waals surface area contributed by atoms with Crippen molar-refractivity contribution in [2.75, 3.05) is 5.32 Å². The Morgan fingerprint density at radius 2 is 1.62 bits per heavy atom. The molecule has 2 aromatic carbocycles. The van der Waals surface area contributed by atoms with Gasteiger partial charge >= 0.3 is 0 Å². The lowest BCUT2D eigenvalue weighted by atomic mass is 10.1. The van der Waals surface area contributed by atoms with Crippen molar-refractivity contribution < 1.29 is 4.79 Å². The highest BCUT2D eigenvalue weighted by molar-refractivity contribution is 5.95. The van der Waals surface area contributed by atoms with Gasteiger partial charge in [0.15, 0.2) is 0 Å². The van der Waals surface area contributed by atoms with E-state index in [0.29, 0.717) is 12.2 Å². The molecule has 0 saturated heterocycles. The van der Waals surface area contributed by atoms with Gasteiger partial charge in [0, 0.05) is 11.3 Å². The molecule has 0 saturated carbocycles. The third kappa shape index (κ3) is 3.09. The zero-order chi connectivity index (χ0) is 17.9. The van der Waals surface area contributed by atoms with E-state index < -0.39 is 0 Å². The molecule has 26 heavy (non-hydrogen) atoms. The minimum Gasteiger partial charge on any atom is -0.310 e. The smallest absolute Gasteiger partial charge is 0.229 e. The summed E-state index contributed by atoms with van der Waals surface area (Å²) in [5.41, 5.74) is 4.58. The Morgan fingerprint density at radius 1 is 0.923 bits per heavy atom. The van der Waals surface area contributed by atoms with Gasteiger partial charge < -0.3 is 5.32 Å². The Balaban J connectivity index is 1.76. The van der Waals surface area contributed by atoms with Crippen LogP contribution < -0.4 is 5.32 Å². The van der Waals surface area contributed by atoms with Crippen molar-refractivity contribution in [2.45, 2.75) is 13.3 Å². The van der Waals surface area contributed by atoms with Crippen LogP contribution in [0.25, 0.3) is 16.9 Å². The van der Waals surface area contributed by atoms with Gasteiger partial charge in [0.05, 0.1) is 6.42 Å². The summed E-state index contributed by atoms with van der Waals surface area (Å²) in [6, 6.07) is 25.6. The van der Waals surface area contributed by atoms with Gasteiger partial charge in [0.25, 0.3) is 0 Å². The van der Waals surface area contributed by atoms with Gasteiger partial charge in [0.1, 0.15) is 17.2 Å². The van der Waals surface area contributed by atoms with Crippen molar-refractivity contribution in [1.82, 2.24) is 9.38 Å². The number of amides is 1. The number of carbonyl (C=O) groups excluding carboxylic acids is 1. The molecule has 1 N–H and O–H groups in total. The molecule has 4 heteroatoms. The highest BCUT2D eigenvalue weighted by Gasteiger charge is 2.17. The van der Waals surface area contributed by atoms with Crippen LogP contribution in [-0.4, -0.2) is 15.3 Å². The van der Waals surface area contributed by atoms with E-state index in [4.69, 9.17) is 4.98 Å². The number of anilines is 1. The first kappa shape index (κ1) is 16.1. The number of pyridine rings is 1. The van der Waals surface area contributed by atoms with Crippen LogP contribution in [0, 0.1) is 6.92 Å². The SMILES string of the molecule is Cc1cccc2nc(-c3ccccc3)c(NC(=O)Cc3ccccc3)n12. The van der Waals surface area contributed by atoms with E-state index in [0.717, 1.165) is 28.2 Å². The summed E-state index contributed by atoms with van der Waals surface area (Å²) in [6.45, 7) is 2.01. The summed E-state index contributed by atoms with van der Waals surface area (Å²) in [7, 11) is 0. The van der Waals surface area contributed by atoms with Crippen LogP contribution >= 0.6 is 0 Å². The molecule has 2 heterocycles. The lowest BCUT2D eigenvalue weighted by Crippen LogP contribution is -2.16. The van der Waals surface area contributed by atoms with Crippen LogP contribution in [0.4, 0.5) is 5.82 Å². The van der Waals surface area contributed by atoms with Crippen LogP contribution in [0.15, 0.2) is 78.9 Å². The van der Waals surface area contributed by atoms with Crippen molar-refractivity contribution in [3.63, 3.8) is 0 Å². The first-order valence-corrected chi connectivity index (χ1v) is 8.59. The standard InChI is InChI=1S/C22H19N3O/c1-16-9-8-14-19-23-21(18-12-6-3-7-13-18)22(25(16)19)24-20(26)15-17-10-4-2-5-11-17/h2-14H,15H2,1H3,(H,24,26). The molecular formula is C22H19N3O. The maximum absolute atomic E-state index is 12.7. The average molecular weight is 341 g/mol. The van der Waals surface area contributed by atoms with Crippen molar-refractivity contribution in [3.8, 4) is 11.3 Å². The second kappa shape index (κ2) is 6.84. The maximum Gasteiger partial charge on any atom is 0.229 e. The lowest BCUT2D eigenvalue weighted by molar-refractivity contribution is -0.115. The van der Waals surface area contributed by atoms with Crippen LogP contribution in [0.1, 0.15) is 11.3 Å². The predicted molar refractivity (Wildman–Crippen MR) is 104 cm³/mol. The summed E-state index contributed by atoms with van der Waals surface area (Å²) in [5.74, 6) is 0.656. The fourth-order valence-corrected chi connectivity index (χ4v) is 3.12. The van der Waals surface area contributed by atoms with Gasteiger partial charge in [-0.05, 0) is 24.6 Å². The van der Waals surface area contributed by atoms with Gasteiger partial charge in [0.2, 0.25) is 5.91 Å². The van der Waals surface area contributed by atoms with E-state index >= 15 is 0 Å². The van der Waals surface area contributed by atoms with Crippen molar-refractivity contribution in [1.29, 1.82) is 0 Å². The number of hydrogen-bond donors (Lipinski definition) is 1. The van der Waals surface area contributed by atoms with E-state index in [1.807, 2.05) is 90.2 Å². The minimum absolute atomic E-state index is 0.0570. The van der Waals surface area contributed by atoms with Crippen molar-refractivity contribution in [2.24, 2.45) is 0 Å². The summed E-state index contributed by atoms with van der Waals surface area (Å²) in [5, 5.41) is 3.08. The monoisotopic (exact) mass is 341 g/mol. The van der Waals surface area contributed by atoms with E-state index in [2.05, 4.69) is 5.32 Å². The molecule has 0 aliphatic carbocycles. The molecule has 0 fully saturated rings. The number of imidazole rings is 1. The van der Waals surface area contributed by atoms with Crippen molar-refractivity contribution >= 4 is 17.4 Å². The fourth-order valence-electron chi connectivity index (χ4n) is 3.12. The summed E-state index contributed by atoms with van der Waals surface area (Å²) in [4.78, 5) is 17.4. The molecule has 4 aromatic rings. The second-order valence-electron chi connectivity index (χ2n) is 6.25. The number of fused-ring (bicyclic) bond motifs is 1. The maximum atomic E-state index is 12.7. The Bertz CT molecular complexity index is 1050. The third-order valence-electron chi connectivity index (χ3n) is 4.35. The molecule has 4 nitrogen and oxygen atoms in total. The van der Waals surface area contributed by atoms with Crippen LogP contribution in [0.5, 0.6) is 0 Å². The number of aromatic nitrogens is 2. The number of rotatable bonds is 4. The Labute approximate surface area is 152 Å². The number of nitrogens with zero attached hydrogens (tertiary/aromatic N) is 2. The molecule has 0 atom stereocenters. The topological polar surface area (TPSA) is 46.4 Å². The van der Waals surface area contributed by atoms with Crippen LogP contribution in [0.3, 0.4) is 0 Å². The van der Waals surface area contributed by atoms with Gasteiger partial charge in [-0.3, -0.25) is 9.20 Å². The molecular weight excluding hydrogens is 322 g/mol. The molecule has 0 spiro atoms. The van der Waals surface area contributed by atoms with Crippen LogP contribution in [0.2, 0.25) is 0 Å². The zero-order valence-electron chi connectivity index (χ0n) is 14.5. The first-order chi connectivity index (χ1) is 12.7.